The Morgan fingerprint density at radius 2 is 2.31 bits per heavy atom. The van der Waals surface area contributed by atoms with Crippen LogP contribution < -0.4 is 5.73 Å². The molecule has 0 spiro atoms. The minimum atomic E-state index is -0.636. The van der Waals surface area contributed by atoms with E-state index in [9.17, 15) is 9.50 Å². The third-order valence-corrected chi connectivity index (χ3v) is 4.25. The SMILES string of the molecule is Nc1ccc(F)cc1C(O)C1CCCSC1. The minimum absolute atomic E-state index is 0.197. The summed E-state index contributed by atoms with van der Waals surface area (Å²) in [5.41, 5.74) is 6.77. The Balaban J connectivity index is 2.18. The van der Waals surface area contributed by atoms with Gasteiger partial charge in [0.25, 0.3) is 0 Å². The summed E-state index contributed by atoms with van der Waals surface area (Å²) in [7, 11) is 0. The summed E-state index contributed by atoms with van der Waals surface area (Å²) >= 11 is 1.84. The van der Waals surface area contributed by atoms with Gasteiger partial charge < -0.3 is 10.8 Å². The van der Waals surface area contributed by atoms with E-state index in [0.29, 0.717) is 11.3 Å². The van der Waals surface area contributed by atoms with E-state index in [1.807, 2.05) is 11.8 Å². The average molecular weight is 241 g/mol. The molecule has 1 aromatic rings. The molecule has 0 aromatic heterocycles. The Bertz CT molecular complexity index is 366. The summed E-state index contributed by atoms with van der Waals surface area (Å²) in [6, 6.07) is 4.18. The van der Waals surface area contributed by atoms with E-state index < -0.39 is 6.10 Å². The highest BCUT2D eigenvalue weighted by atomic mass is 32.2. The molecule has 1 aliphatic rings. The van der Waals surface area contributed by atoms with Crippen LogP contribution in [0.25, 0.3) is 0 Å². The van der Waals surface area contributed by atoms with Crippen molar-refractivity contribution in [2.24, 2.45) is 5.92 Å². The maximum Gasteiger partial charge on any atom is 0.123 e. The molecule has 88 valence electrons. The molecule has 0 bridgehead atoms. The average Bonchev–Trinajstić information content (AvgIpc) is 2.32. The van der Waals surface area contributed by atoms with Crippen LogP contribution in [0.2, 0.25) is 0 Å². The fourth-order valence-corrected chi connectivity index (χ4v) is 3.26. The van der Waals surface area contributed by atoms with E-state index in [1.54, 1.807) is 0 Å². The summed E-state index contributed by atoms with van der Waals surface area (Å²) in [4.78, 5) is 0. The van der Waals surface area contributed by atoms with Gasteiger partial charge in [-0.25, -0.2) is 4.39 Å². The van der Waals surface area contributed by atoms with Gasteiger partial charge in [0.1, 0.15) is 5.82 Å². The van der Waals surface area contributed by atoms with E-state index in [4.69, 9.17) is 5.73 Å². The lowest BCUT2D eigenvalue weighted by molar-refractivity contribution is 0.114. The predicted octanol–water partition coefficient (Wildman–Crippen LogP) is 2.58. The van der Waals surface area contributed by atoms with Crippen molar-refractivity contribution in [1.82, 2.24) is 0 Å². The van der Waals surface area contributed by atoms with E-state index in [-0.39, 0.29) is 11.7 Å². The zero-order valence-electron chi connectivity index (χ0n) is 9.03. The summed E-state index contributed by atoms with van der Waals surface area (Å²) in [5.74, 6) is 1.94. The first-order valence-electron chi connectivity index (χ1n) is 5.49. The first kappa shape index (κ1) is 11.7. The third-order valence-electron chi connectivity index (χ3n) is 3.01. The molecule has 1 aromatic carbocycles. The number of nitrogen functional groups attached to an aromatic ring is 1. The quantitative estimate of drug-likeness (QED) is 0.782. The van der Waals surface area contributed by atoms with Crippen molar-refractivity contribution in [3.63, 3.8) is 0 Å². The predicted molar refractivity (Wildman–Crippen MR) is 65.8 cm³/mol. The molecule has 16 heavy (non-hydrogen) atoms. The second-order valence-corrected chi connectivity index (χ2v) is 5.35. The normalized spacial score (nSPS) is 23.0. The van der Waals surface area contributed by atoms with Gasteiger partial charge in [-0.3, -0.25) is 0 Å². The molecular weight excluding hydrogens is 225 g/mol. The van der Waals surface area contributed by atoms with E-state index in [2.05, 4.69) is 0 Å². The zero-order chi connectivity index (χ0) is 11.5. The molecule has 1 saturated heterocycles. The van der Waals surface area contributed by atoms with Crippen LogP contribution in [0.4, 0.5) is 10.1 Å². The number of aliphatic hydroxyl groups excluding tert-OH is 1. The van der Waals surface area contributed by atoms with Crippen molar-refractivity contribution in [2.45, 2.75) is 18.9 Å². The Morgan fingerprint density at radius 1 is 1.50 bits per heavy atom. The van der Waals surface area contributed by atoms with Crippen LogP contribution in [0, 0.1) is 11.7 Å². The van der Waals surface area contributed by atoms with Crippen molar-refractivity contribution < 1.29 is 9.50 Å². The van der Waals surface area contributed by atoms with Crippen molar-refractivity contribution in [3.8, 4) is 0 Å². The molecule has 0 radical (unpaired) electrons. The van der Waals surface area contributed by atoms with Crippen molar-refractivity contribution in [2.75, 3.05) is 17.2 Å². The van der Waals surface area contributed by atoms with Crippen molar-refractivity contribution >= 4 is 17.4 Å². The van der Waals surface area contributed by atoms with Gasteiger partial charge in [0, 0.05) is 11.3 Å². The lowest BCUT2D eigenvalue weighted by Gasteiger charge is -2.27. The molecule has 2 rings (SSSR count). The monoisotopic (exact) mass is 241 g/mol. The van der Waals surface area contributed by atoms with Gasteiger partial charge in [-0.2, -0.15) is 11.8 Å². The van der Waals surface area contributed by atoms with Gasteiger partial charge in [0.15, 0.2) is 0 Å². The number of nitrogens with two attached hydrogens (primary N) is 1. The number of halogens is 1. The molecule has 1 fully saturated rings. The Morgan fingerprint density at radius 3 is 3.00 bits per heavy atom. The molecule has 1 aliphatic heterocycles. The second-order valence-electron chi connectivity index (χ2n) is 4.20. The number of hydrogen-bond acceptors (Lipinski definition) is 3. The van der Waals surface area contributed by atoms with Crippen LogP contribution in [0.5, 0.6) is 0 Å². The Labute approximate surface area is 99.0 Å². The number of aliphatic hydroxyl groups is 1. The lowest BCUT2D eigenvalue weighted by Crippen LogP contribution is -2.20. The zero-order valence-corrected chi connectivity index (χ0v) is 9.84. The van der Waals surface area contributed by atoms with Crippen LogP contribution in [0.1, 0.15) is 24.5 Å². The number of anilines is 1. The highest BCUT2D eigenvalue weighted by Gasteiger charge is 2.25. The first-order valence-corrected chi connectivity index (χ1v) is 6.64. The molecule has 2 atom stereocenters. The maximum absolute atomic E-state index is 13.1. The standard InChI is InChI=1S/C12H16FNOS/c13-9-3-4-11(14)10(6-9)12(15)8-2-1-5-16-7-8/h3-4,6,8,12,15H,1-2,5,7,14H2. The highest BCUT2D eigenvalue weighted by Crippen LogP contribution is 2.35. The van der Waals surface area contributed by atoms with Crippen LogP contribution in [-0.4, -0.2) is 16.6 Å². The summed E-state index contributed by atoms with van der Waals surface area (Å²) in [6.07, 6.45) is 1.47. The van der Waals surface area contributed by atoms with E-state index >= 15 is 0 Å². The number of benzene rings is 1. The van der Waals surface area contributed by atoms with Crippen LogP contribution in [0.15, 0.2) is 18.2 Å². The van der Waals surface area contributed by atoms with Gasteiger partial charge in [-0.1, -0.05) is 0 Å². The largest absolute Gasteiger partial charge is 0.398 e. The minimum Gasteiger partial charge on any atom is -0.398 e. The second kappa shape index (κ2) is 5.06. The van der Waals surface area contributed by atoms with Crippen LogP contribution >= 0.6 is 11.8 Å². The molecule has 0 saturated carbocycles. The van der Waals surface area contributed by atoms with Gasteiger partial charge in [0.2, 0.25) is 0 Å². The molecule has 2 unspecified atom stereocenters. The van der Waals surface area contributed by atoms with Crippen molar-refractivity contribution in [3.05, 3.63) is 29.6 Å². The van der Waals surface area contributed by atoms with Crippen LogP contribution in [0.3, 0.4) is 0 Å². The summed E-state index contributed by atoms with van der Waals surface area (Å²) in [6.45, 7) is 0. The molecule has 3 N–H and O–H groups in total. The maximum atomic E-state index is 13.1. The Kier molecular flexibility index (Phi) is 3.71. The van der Waals surface area contributed by atoms with E-state index in [0.717, 1.165) is 24.3 Å². The fraction of sp³-hybridized carbons (Fsp3) is 0.500. The van der Waals surface area contributed by atoms with Gasteiger partial charge >= 0.3 is 0 Å². The lowest BCUT2D eigenvalue weighted by atomic mass is 9.92. The van der Waals surface area contributed by atoms with Gasteiger partial charge in [0.05, 0.1) is 6.10 Å². The molecular formula is C12H16FNOS. The third kappa shape index (κ3) is 2.50. The van der Waals surface area contributed by atoms with Crippen molar-refractivity contribution in [1.29, 1.82) is 0 Å². The molecule has 4 heteroatoms. The molecule has 0 amide bonds. The molecule has 0 aliphatic carbocycles. The number of rotatable bonds is 2. The van der Waals surface area contributed by atoms with Gasteiger partial charge in [-0.05, 0) is 48.5 Å². The Hall–Kier alpha value is -0.740. The smallest absolute Gasteiger partial charge is 0.123 e. The molecule has 1 heterocycles. The number of hydrogen-bond donors (Lipinski definition) is 2. The number of thioether (sulfide) groups is 1. The highest BCUT2D eigenvalue weighted by molar-refractivity contribution is 7.99. The fourth-order valence-electron chi connectivity index (χ4n) is 2.07. The molecule has 2 nitrogen and oxygen atoms in total. The topological polar surface area (TPSA) is 46.2 Å². The first-order chi connectivity index (χ1) is 7.68. The van der Waals surface area contributed by atoms with Crippen LogP contribution in [-0.2, 0) is 0 Å². The summed E-state index contributed by atoms with van der Waals surface area (Å²) < 4.78 is 13.1. The summed E-state index contributed by atoms with van der Waals surface area (Å²) in [5, 5.41) is 10.2. The van der Waals surface area contributed by atoms with Gasteiger partial charge in [-0.15, -0.1) is 0 Å². The van der Waals surface area contributed by atoms with E-state index in [1.165, 1.54) is 18.2 Å².